The van der Waals surface area contributed by atoms with E-state index in [1.165, 1.54) is 3.57 Å². The minimum atomic E-state index is 0.672. The standard InChI is InChI=1S/C17H25IN2O/c1-4-13-20(3)15(2)6-5-11-19-12-14-21-17-9-7-16(18)8-10-17/h5-10,19H,2,4,11-14H2,1,3H3/b6-5+. The van der Waals surface area contributed by atoms with Crippen LogP contribution in [-0.2, 0) is 0 Å². The molecule has 0 spiro atoms. The van der Waals surface area contributed by atoms with Crippen LogP contribution in [-0.4, -0.2) is 38.2 Å². The van der Waals surface area contributed by atoms with E-state index in [2.05, 4.69) is 65.5 Å². The first kappa shape index (κ1) is 18.0. The third kappa shape index (κ3) is 8.12. The van der Waals surface area contributed by atoms with Crippen molar-refractivity contribution in [1.29, 1.82) is 0 Å². The fraction of sp³-hybridized carbons (Fsp3) is 0.412. The largest absolute Gasteiger partial charge is 0.492 e. The Bertz CT molecular complexity index is 443. The number of ether oxygens (including phenoxy) is 1. The van der Waals surface area contributed by atoms with Gasteiger partial charge in [0, 0.05) is 35.9 Å². The average molecular weight is 400 g/mol. The smallest absolute Gasteiger partial charge is 0.119 e. The Labute approximate surface area is 142 Å². The molecule has 1 aromatic rings. The lowest BCUT2D eigenvalue weighted by atomic mass is 10.3. The molecule has 0 aromatic heterocycles. The molecule has 0 aliphatic rings. The molecule has 1 N–H and O–H groups in total. The van der Waals surface area contributed by atoms with Crippen molar-refractivity contribution in [2.75, 3.05) is 33.3 Å². The van der Waals surface area contributed by atoms with Gasteiger partial charge in [-0.2, -0.15) is 0 Å². The molecule has 116 valence electrons. The van der Waals surface area contributed by atoms with Gasteiger partial charge >= 0.3 is 0 Å². The van der Waals surface area contributed by atoms with Crippen molar-refractivity contribution in [3.05, 3.63) is 52.3 Å². The van der Waals surface area contributed by atoms with Gasteiger partial charge in [0.2, 0.25) is 0 Å². The van der Waals surface area contributed by atoms with Crippen molar-refractivity contribution in [2.45, 2.75) is 13.3 Å². The van der Waals surface area contributed by atoms with Crippen LogP contribution in [0.15, 0.2) is 48.7 Å². The van der Waals surface area contributed by atoms with Crippen molar-refractivity contribution >= 4 is 22.6 Å². The van der Waals surface area contributed by atoms with E-state index in [0.717, 1.165) is 37.5 Å². The summed E-state index contributed by atoms with van der Waals surface area (Å²) in [7, 11) is 2.07. The zero-order chi connectivity index (χ0) is 15.5. The summed E-state index contributed by atoms with van der Waals surface area (Å²) in [5.41, 5.74) is 1.05. The number of nitrogens with zero attached hydrogens (tertiary/aromatic N) is 1. The molecule has 0 radical (unpaired) electrons. The molecule has 0 amide bonds. The zero-order valence-electron chi connectivity index (χ0n) is 12.9. The Morgan fingerprint density at radius 2 is 2.10 bits per heavy atom. The summed E-state index contributed by atoms with van der Waals surface area (Å²) < 4.78 is 6.86. The average Bonchev–Trinajstić information content (AvgIpc) is 2.48. The molecule has 0 atom stereocenters. The van der Waals surface area contributed by atoms with Crippen LogP contribution in [0.4, 0.5) is 0 Å². The fourth-order valence-corrected chi connectivity index (χ4v) is 2.12. The monoisotopic (exact) mass is 400 g/mol. The highest BCUT2D eigenvalue weighted by Gasteiger charge is 1.95. The van der Waals surface area contributed by atoms with Gasteiger partial charge in [0.05, 0.1) is 0 Å². The minimum absolute atomic E-state index is 0.672. The molecule has 1 rings (SSSR count). The molecule has 0 fully saturated rings. The molecule has 4 heteroatoms. The second kappa shape index (κ2) is 10.7. The van der Waals surface area contributed by atoms with Crippen molar-refractivity contribution in [3.8, 4) is 5.75 Å². The van der Waals surface area contributed by atoms with Crippen LogP contribution in [0.5, 0.6) is 5.75 Å². The lowest BCUT2D eigenvalue weighted by Gasteiger charge is -2.17. The van der Waals surface area contributed by atoms with Crippen LogP contribution in [0, 0.1) is 3.57 Å². The molecular weight excluding hydrogens is 375 g/mol. The molecular formula is C17H25IN2O. The molecule has 21 heavy (non-hydrogen) atoms. The summed E-state index contributed by atoms with van der Waals surface area (Å²) >= 11 is 2.29. The van der Waals surface area contributed by atoms with Crippen LogP contribution in [0.2, 0.25) is 0 Å². The van der Waals surface area contributed by atoms with E-state index in [1.807, 2.05) is 24.3 Å². The summed E-state index contributed by atoms with van der Waals surface area (Å²) in [5, 5.41) is 3.32. The molecule has 0 saturated heterocycles. The highest BCUT2D eigenvalue weighted by atomic mass is 127. The maximum atomic E-state index is 5.64. The van der Waals surface area contributed by atoms with Gasteiger partial charge in [0.15, 0.2) is 0 Å². The van der Waals surface area contributed by atoms with E-state index >= 15 is 0 Å². The number of hydrogen-bond donors (Lipinski definition) is 1. The Kier molecular flexibility index (Phi) is 9.17. The van der Waals surface area contributed by atoms with E-state index in [0.29, 0.717) is 6.61 Å². The predicted octanol–water partition coefficient (Wildman–Crippen LogP) is 3.67. The first-order valence-corrected chi connectivity index (χ1v) is 8.37. The third-order valence-corrected chi connectivity index (χ3v) is 3.70. The maximum absolute atomic E-state index is 5.64. The number of nitrogens with one attached hydrogen (secondary N) is 1. The van der Waals surface area contributed by atoms with Crippen LogP contribution >= 0.6 is 22.6 Å². The maximum Gasteiger partial charge on any atom is 0.119 e. The number of rotatable bonds is 10. The number of allylic oxidation sites excluding steroid dienone is 1. The highest BCUT2D eigenvalue weighted by Crippen LogP contribution is 2.12. The lowest BCUT2D eigenvalue weighted by molar-refractivity contribution is 0.316. The van der Waals surface area contributed by atoms with Crippen LogP contribution in [0.1, 0.15) is 13.3 Å². The molecule has 0 bridgehead atoms. The van der Waals surface area contributed by atoms with Crippen LogP contribution < -0.4 is 10.1 Å². The topological polar surface area (TPSA) is 24.5 Å². The van der Waals surface area contributed by atoms with Gasteiger partial charge in [-0.05, 0) is 59.4 Å². The van der Waals surface area contributed by atoms with Gasteiger partial charge in [0.25, 0.3) is 0 Å². The molecule has 3 nitrogen and oxygen atoms in total. The summed E-state index contributed by atoms with van der Waals surface area (Å²) in [5.74, 6) is 0.919. The van der Waals surface area contributed by atoms with E-state index in [-0.39, 0.29) is 0 Å². The second-order valence-corrected chi connectivity index (χ2v) is 6.07. The van der Waals surface area contributed by atoms with Gasteiger partial charge in [-0.25, -0.2) is 0 Å². The zero-order valence-corrected chi connectivity index (χ0v) is 15.1. The van der Waals surface area contributed by atoms with Crippen LogP contribution in [0.25, 0.3) is 0 Å². The lowest BCUT2D eigenvalue weighted by Crippen LogP contribution is -2.21. The van der Waals surface area contributed by atoms with Crippen LogP contribution in [0.3, 0.4) is 0 Å². The predicted molar refractivity (Wildman–Crippen MR) is 98.7 cm³/mol. The highest BCUT2D eigenvalue weighted by molar-refractivity contribution is 14.1. The Hall–Kier alpha value is -1.01. The van der Waals surface area contributed by atoms with Crippen molar-refractivity contribution < 1.29 is 4.74 Å². The number of hydrogen-bond acceptors (Lipinski definition) is 3. The normalized spacial score (nSPS) is 10.8. The molecule has 0 saturated carbocycles. The first-order valence-electron chi connectivity index (χ1n) is 7.29. The van der Waals surface area contributed by atoms with E-state index in [9.17, 15) is 0 Å². The van der Waals surface area contributed by atoms with Crippen molar-refractivity contribution in [1.82, 2.24) is 10.2 Å². The van der Waals surface area contributed by atoms with Gasteiger partial charge < -0.3 is 15.0 Å². The summed E-state index contributed by atoms with van der Waals surface area (Å²) in [6.07, 6.45) is 5.29. The van der Waals surface area contributed by atoms with Gasteiger partial charge in [-0.15, -0.1) is 0 Å². The molecule has 0 aliphatic carbocycles. The number of benzene rings is 1. The number of likely N-dealkylation sites (N-methyl/N-ethyl adjacent to an activating group) is 1. The Morgan fingerprint density at radius 3 is 2.76 bits per heavy atom. The first-order chi connectivity index (χ1) is 10.1. The summed E-state index contributed by atoms with van der Waals surface area (Å²) in [4.78, 5) is 2.16. The summed E-state index contributed by atoms with van der Waals surface area (Å²) in [6, 6.07) is 8.08. The second-order valence-electron chi connectivity index (χ2n) is 4.82. The molecule has 0 heterocycles. The van der Waals surface area contributed by atoms with Gasteiger partial charge in [-0.1, -0.05) is 19.6 Å². The molecule has 1 aromatic carbocycles. The van der Waals surface area contributed by atoms with Crippen molar-refractivity contribution in [3.63, 3.8) is 0 Å². The van der Waals surface area contributed by atoms with Gasteiger partial charge in [0.1, 0.15) is 12.4 Å². The van der Waals surface area contributed by atoms with Gasteiger partial charge in [-0.3, -0.25) is 0 Å². The molecule has 0 unspecified atom stereocenters. The minimum Gasteiger partial charge on any atom is -0.492 e. The Morgan fingerprint density at radius 1 is 1.38 bits per heavy atom. The van der Waals surface area contributed by atoms with E-state index < -0.39 is 0 Å². The third-order valence-electron chi connectivity index (χ3n) is 2.98. The quantitative estimate of drug-likeness (QED) is 0.369. The van der Waals surface area contributed by atoms with E-state index in [4.69, 9.17) is 4.74 Å². The Balaban J connectivity index is 2.09. The number of halogens is 1. The van der Waals surface area contributed by atoms with E-state index in [1.54, 1.807) is 0 Å². The fourth-order valence-electron chi connectivity index (χ4n) is 1.76. The summed E-state index contributed by atoms with van der Waals surface area (Å²) in [6.45, 7) is 9.58. The molecule has 0 aliphatic heterocycles. The SMILES string of the molecule is C=C(/C=C/CNCCOc1ccc(I)cc1)N(C)CCC. The van der Waals surface area contributed by atoms with Crippen molar-refractivity contribution in [2.24, 2.45) is 0 Å².